The summed E-state index contributed by atoms with van der Waals surface area (Å²) in [5.74, 6) is 0.262. The Balaban J connectivity index is 2.36. The van der Waals surface area contributed by atoms with Crippen LogP contribution in [0.5, 0.6) is 5.75 Å². The molecule has 0 saturated heterocycles. The number of rotatable bonds is 3. The highest BCUT2D eigenvalue weighted by Gasteiger charge is 2.26. The molecule has 0 aliphatic heterocycles. The fraction of sp³-hybridized carbons (Fsp3) is 0.409. The molecule has 0 aliphatic rings. The second-order valence-corrected chi connectivity index (χ2v) is 8.63. The van der Waals surface area contributed by atoms with Gasteiger partial charge in [-0.15, -0.1) is 0 Å². The summed E-state index contributed by atoms with van der Waals surface area (Å²) in [7, 11) is 0. The van der Waals surface area contributed by atoms with Crippen molar-refractivity contribution in [1.82, 2.24) is 0 Å². The lowest BCUT2D eigenvalue weighted by Crippen LogP contribution is -2.20. The largest absolute Gasteiger partial charge is 0.507 e. The van der Waals surface area contributed by atoms with E-state index in [0.717, 1.165) is 22.4 Å². The molecule has 2 N–H and O–H groups in total. The van der Waals surface area contributed by atoms with Crippen LogP contribution in [0.2, 0.25) is 0 Å². The van der Waals surface area contributed by atoms with Gasteiger partial charge >= 0.3 is 0 Å². The lowest BCUT2D eigenvalue weighted by atomic mass is 9.79. The predicted octanol–water partition coefficient (Wildman–Crippen LogP) is 5.17. The van der Waals surface area contributed by atoms with E-state index < -0.39 is 0 Å². The van der Waals surface area contributed by atoms with E-state index in [1.807, 2.05) is 42.5 Å². The molecule has 0 bridgehead atoms. The lowest BCUT2D eigenvalue weighted by Gasteiger charge is -2.28. The SMILES string of the molecule is CC(C)(C)c1cc(NC(=O)Cc2ccccc2)cc(C(C)(C)C)c1O. The number of anilines is 1. The Morgan fingerprint density at radius 2 is 1.40 bits per heavy atom. The van der Waals surface area contributed by atoms with Crippen LogP contribution in [0.15, 0.2) is 42.5 Å². The lowest BCUT2D eigenvalue weighted by molar-refractivity contribution is -0.115. The molecule has 0 heterocycles. The first kappa shape index (κ1) is 19.0. The minimum absolute atomic E-state index is 0.0587. The van der Waals surface area contributed by atoms with Gasteiger partial charge < -0.3 is 10.4 Å². The molecule has 3 heteroatoms. The van der Waals surface area contributed by atoms with Gasteiger partial charge in [-0.3, -0.25) is 4.79 Å². The monoisotopic (exact) mass is 339 g/mol. The maximum Gasteiger partial charge on any atom is 0.228 e. The molecule has 3 nitrogen and oxygen atoms in total. The Bertz CT molecular complexity index is 715. The number of phenolic OH excluding ortho intramolecular Hbond substituents is 1. The molecule has 0 saturated carbocycles. The summed E-state index contributed by atoms with van der Waals surface area (Å²) in [6, 6.07) is 13.4. The fourth-order valence-corrected chi connectivity index (χ4v) is 2.84. The van der Waals surface area contributed by atoms with E-state index in [-0.39, 0.29) is 16.7 Å². The molecule has 2 aromatic carbocycles. The van der Waals surface area contributed by atoms with Gasteiger partial charge in [-0.05, 0) is 28.5 Å². The van der Waals surface area contributed by atoms with Crippen molar-refractivity contribution in [2.75, 3.05) is 5.32 Å². The van der Waals surface area contributed by atoms with Crippen LogP contribution in [0.4, 0.5) is 5.69 Å². The maximum absolute atomic E-state index is 12.4. The number of hydrogen-bond acceptors (Lipinski definition) is 2. The minimum Gasteiger partial charge on any atom is -0.507 e. The Morgan fingerprint density at radius 1 is 0.920 bits per heavy atom. The number of carbonyl (C=O) groups excluding carboxylic acids is 1. The maximum atomic E-state index is 12.4. The summed E-state index contributed by atoms with van der Waals surface area (Å²) in [5.41, 5.74) is 2.96. The van der Waals surface area contributed by atoms with Crippen molar-refractivity contribution < 1.29 is 9.90 Å². The van der Waals surface area contributed by atoms with E-state index in [2.05, 4.69) is 46.9 Å². The molecule has 2 rings (SSSR count). The molecular weight excluding hydrogens is 310 g/mol. The molecule has 134 valence electrons. The standard InChI is InChI=1S/C22H29NO2/c1-21(2,3)17-13-16(14-18(20(17)25)22(4,5)6)23-19(24)12-15-10-8-7-9-11-15/h7-11,13-14,25H,12H2,1-6H3,(H,23,24). The smallest absolute Gasteiger partial charge is 0.228 e. The van der Waals surface area contributed by atoms with Crippen LogP contribution >= 0.6 is 0 Å². The summed E-state index contributed by atoms with van der Waals surface area (Å²) >= 11 is 0. The van der Waals surface area contributed by atoms with Crippen LogP contribution in [-0.2, 0) is 22.0 Å². The molecule has 25 heavy (non-hydrogen) atoms. The van der Waals surface area contributed by atoms with Gasteiger partial charge in [-0.25, -0.2) is 0 Å². The molecule has 0 fully saturated rings. The average molecular weight is 339 g/mol. The molecule has 0 aromatic heterocycles. The van der Waals surface area contributed by atoms with E-state index in [1.54, 1.807) is 0 Å². The van der Waals surface area contributed by atoms with Crippen LogP contribution in [0.25, 0.3) is 0 Å². The molecule has 0 atom stereocenters. The Hall–Kier alpha value is -2.29. The molecule has 0 spiro atoms. The van der Waals surface area contributed by atoms with Gasteiger partial charge in [-0.2, -0.15) is 0 Å². The second kappa shape index (κ2) is 6.91. The average Bonchev–Trinajstić information content (AvgIpc) is 2.47. The van der Waals surface area contributed by atoms with Gasteiger partial charge in [-0.1, -0.05) is 71.9 Å². The third kappa shape index (κ3) is 4.85. The predicted molar refractivity (Wildman–Crippen MR) is 104 cm³/mol. The number of nitrogens with one attached hydrogen (secondary N) is 1. The molecule has 0 unspecified atom stereocenters. The summed E-state index contributed by atoms with van der Waals surface area (Å²) in [4.78, 5) is 12.4. The zero-order chi connectivity index (χ0) is 18.8. The van der Waals surface area contributed by atoms with Gasteiger partial charge in [0, 0.05) is 16.8 Å². The second-order valence-electron chi connectivity index (χ2n) is 8.63. The Labute approximate surface area is 151 Å². The first-order valence-corrected chi connectivity index (χ1v) is 8.70. The van der Waals surface area contributed by atoms with Crippen molar-refractivity contribution in [2.45, 2.75) is 58.8 Å². The van der Waals surface area contributed by atoms with Gasteiger partial charge in [0.05, 0.1) is 6.42 Å². The van der Waals surface area contributed by atoms with Crippen LogP contribution in [-0.4, -0.2) is 11.0 Å². The van der Waals surface area contributed by atoms with Gasteiger partial charge in [0.2, 0.25) is 5.91 Å². The van der Waals surface area contributed by atoms with E-state index in [1.165, 1.54) is 0 Å². The van der Waals surface area contributed by atoms with Crippen LogP contribution < -0.4 is 5.32 Å². The number of carbonyl (C=O) groups is 1. The molecule has 0 aliphatic carbocycles. The zero-order valence-electron chi connectivity index (χ0n) is 16.1. The van der Waals surface area contributed by atoms with Crippen LogP contribution in [0, 0.1) is 0 Å². The fourth-order valence-electron chi connectivity index (χ4n) is 2.84. The Morgan fingerprint density at radius 3 is 1.84 bits per heavy atom. The summed E-state index contributed by atoms with van der Waals surface area (Å²) in [5, 5.41) is 13.7. The number of amides is 1. The van der Waals surface area contributed by atoms with E-state index >= 15 is 0 Å². The van der Waals surface area contributed by atoms with E-state index in [0.29, 0.717) is 12.2 Å². The van der Waals surface area contributed by atoms with Crippen LogP contribution in [0.3, 0.4) is 0 Å². The number of aromatic hydroxyl groups is 1. The molecular formula is C22H29NO2. The molecule has 2 aromatic rings. The van der Waals surface area contributed by atoms with E-state index in [9.17, 15) is 9.90 Å². The molecule has 0 radical (unpaired) electrons. The summed E-state index contributed by atoms with van der Waals surface area (Å²) in [6.07, 6.45) is 0.331. The van der Waals surface area contributed by atoms with Crippen molar-refractivity contribution in [3.05, 3.63) is 59.2 Å². The van der Waals surface area contributed by atoms with Crippen molar-refractivity contribution in [2.24, 2.45) is 0 Å². The molecule has 1 amide bonds. The quantitative estimate of drug-likeness (QED) is 0.758. The topological polar surface area (TPSA) is 49.3 Å². The van der Waals surface area contributed by atoms with Crippen molar-refractivity contribution in [3.8, 4) is 5.75 Å². The van der Waals surface area contributed by atoms with Gasteiger partial charge in [0.1, 0.15) is 5.75 Å². The highest BCUT2D eigenvalue weighted by Crippen LogP contribution is 2.41. The van der Waals surface area contributed by atoms with Crippen molar-refractivity contribution >= 4 is 11.6 Å². The number of hydrogen-bond donors (Lipinski definition) is 2. The van der Waals surface area contributed by atoms with Crippen LogP contribution in [0.1, 0.15) is 58.2 Å². The summed E-state index contributed by atoms with van der Waals surface area (Å²) in [6.45, 7) is 12.4. The minimum atomic E-state index is -0.218. The number of phenols is 1. The highest BCUT2D eigenvalue weighted by molar-refractivity contribution is 5.92. The summed E-state index contributed by atoms with van der Waals surface area (Å²) < 4.78 is 0. The zero-order valence-corrected chi connectivity index (χ0v) is 16.1. The van der Waals surface area contributed by atoms with Crippen molar-refractivity contribution in [1.29, 1.82) is 0 Å². The van der Waals surface area contributed by atoms with E-state index in [4.69, 9.17) is 0 Å². The van der Waals surface area contributed by atoms with Crippen molar-refractivity contribution in [3.63, 3.8) is 0 Å². The third-order valence-corrected chi connectivity index (χ3v) is 4.22. The Kier molecular flexibility index (Phi) is 5.26. The normalized spacial score (nSPS) is 12.1. The van der Waals surface area contributed by atoms with Gasteiger partial charge in [0.25, 0.3) is 0 Å². The first-order chi connectivity index (χ1) is 11.5. The third-order valence-electron chi connectivity index (χ3n) is 4.22. The number of benzene rings is 2. The highest BCUT2D eigenvalue weighted by atomic mass is 16.3. The van der Waals surface area contributed by atoms with Gasteiger partial charge in [0.15, 0.2) is 0 Å². The first-order valence-electron chi connectivity index (χ1n) is 8.70.